The number of aromatic nitrogens is 2. The Bertz CT molecular complexity index is 1280. The lowest BCUT2D eigenvalue weighted by Crippen LogP contribution is -2.27. The van der Waals surface area contributed by atoms with Gasteiger partial charge in [-0.25, -0.2) is 4.98 Å². The average molecular weight is 413 g/mol. The molecule has 2 N–H and O–H groups in total. The summed E-state index contributed by atoms with van der Waals surface area (Å²) in [7, 11) is 0. The van der Waals surface area contributed by atoms with Crippen LogP contribution in [0.4, 0.5) is 0 Å². The van der Waals surface area contributed by atoms with Gasteiger partial charge in [0.15, 0.2) is 0 Å². The van der Waals surface area contributed by atoms with Crippen molar-refractivity contribution in [2.45, 2.75) is 32.4 Å². The minimum atomic E-state index is -0.192. The Labute approximate surface area is 180 Å². The topological polar surface area (TPSA) is 75.9 Å². The zero-order valence-corrected chi connectivity index (χ0v) is 17.2. The van der Waals surface area contributed by atoms with Crippen LogP contribution in [0.2, 0.25) is 0 Å². The Morgan fingerprint density at radius 2 is 2.03 bits per heavy atom. The molecule has 1 aliphatic rings. The minimum absolute atomic E-state index is 0.121. The van der Waals surface area contributed by atoms with Gasteiger partial charge in [-0.15, -0.1) is 0 Å². The van der Waals surface area contributed by atoms with Crippen LogP contribution in [-0.2, 0) is 13.0 Å². The van der Waals surface area contributed by atoms with Crippen molar-refractivity contribution in [1.29, 1.82) is 0 Å². The number of fused-ring (bicyclic) bond motifs is 2. The molecule has 0 fully saturated rings. The van der Waals surface area contributed by atoms with Crippen molar-refractivity contribution in [2.24, 2.45) is 0 Å². The van der Waals surface area contributed by atoms with E-state index in [-0.39, 0.29) is 18.6 Å². The number of para-hydroxylation sites is 1. The molecule has 0 saturated carbocycles. The highest BCUT2D eigenvalue weighted by Crippen LogP contribution is 2.36. The molecule has 0 bridgehead atoms. The number of aryl methyl sites for hydroxylation is 1. The van der Waals surface area contributed by atoms with Crippen LogP contribution in [0, 0.1) is 6.92 Å². The molecule has 1 atom stereocenters. The van der Waals surface area contributed by atoms with Crippen molar-refractivity contribution in [1.82, 2.24) is 14.7 Å². The molecule has 1 amide bonds. The van der Waals surface area contributed by atoms with Gasteiger partial charge < -0.3 is 19.6 Å². The van der Waals surface area contributed by atoms with Gasteiger partial charge in [-0.1, -0.05) is 30.3 Å². The number of nitrogens with one attached hydrogen (secondary N) is 1. The third kappa shape index (κ3) is 3.72. The van der Waals surface area contributed by atoms with E-state index in [0.29, 0.717) is 17.1 Å². The number of amides is 1. The maximum Gasteiger partial charge on any atom is 0.255 e. The third-order valence-corrected chi connectivity index (χ3v) is 5.71. The molecule has 2 aromatic carbocycles. The fourth-order valence-electron chi connectivity index (χ4n) is 4.18. The summed E-state index contributed by atoms with van der Waals surface area (Å²) < 4.78 is 7.95. The van der Waals surface area contributed by atoms with Crippen molar-refractivity contribution in [2.75, 3.05) is 0 Å². The quantitative estimate of drug-likeness (QED) is 0.510. The molecular weight excluding hydrogens is 390 g/mol. The monoisotopic (exact) mass is 413 g/mol. The molecule has 6 heteroatoms. The van der Waals surface area contributed by atoms with Gasteiger partial charge in [-0.3, -0.25) is 4.79 Å². The largest absolute Gasteiger partial charge is 0.508 e. The number of imidazole rings is 1. The van der Waals surface area contributed by atoms with Gasteiger partial charge in [0.05, 0.1) is 17.3 Å². The number of benzene rings is 2. The molecule has 0 aliphatic heterocycles. The van der Waals surface area contributed by atoms with Gasteiger partial charge in [-0.2, -0.15) is 0 Å². The Balaban J connectivity index is 1.32. The molecule has 0 radical (unpaired) electrons. The fraction of sp³-hybridized carbons (Fsp3) is 0.200. The highest BCUT2D eigenvalue weighted by molar-refractivity contribution is 5.97. The second-order valence-corrected chi connectivity index (χ2v) is 7.90. The molecular formula is C25H23N3O3. The second-order valence-electron chi connectivity index (χ2n) is 7.90. The summed E-state index contributed by atoms with van der Waals surface area (Å²) in [6.07, 6.45) is 5.47. The molecule has 156 valence electrons. The van der Waals surface area contributed by atoms with Crippen LogP contribution in [0.1, 0.15) is 45.2 Å². The van der Waals surface area contributed by atoms with E-state index in [1.54, 1.807) is 18.2 Å². The first kappa shape index (κ1) is 19.2. The highest BCUT2D eigenvalue weighted by Gasteiger charge is 2.27. The molecule has 31 heavy (non-hydrogen) atoms. The van der Waals surface area contributed by atoms with Crippen molar-refractivity contribution < 1.29 is 14.6 Å². The lowest BCUT2D eigenvalue weighted by molar-refractivity contribution is 0.0932. The zero-order chi connectivity index (χ0) is 21.4. The van der Waals surface area contributed by atoms with Gasteiger partial charge in [0.25, 0.3) is 5.91 Å². The number of phenolic OH excluding ortho intramolecular Hbond substituents is 1. The summed E-state index contributed by atoms with van der Waals surface area (Å²) in [5.74, 6) is 0.616. The van der Waals surface area contributed by atoms with E-state index in [1.165, 1.54) is 0 Å². The first-order valence-corrected chi connectivity index (χ1v) is 10.4. The number of hydrogen-bond donors (Lipinski definition) is 2. The number of carbonyl (C=O) groups is 1. The smallest absolute Gasteiger partial charge is 0.255 e. The number of nitrogens with zero attached hydrogens (tertiary/aromatic N) is 2. The lowest BCUT2D eigenvalue weighted by Gasteiger charge is -2.16. The van der Waals surface area contributed by atoms with Gasteiger partial charge in [-0.05, 0) is 60.7 Å². The number of pyridine rings is 1. The van der Waals surface area contributed by atoms with Gasteiger partial charge >= 0.3 is 0 Å². The summed E-state index contributed by atoms with van der Waals surface area (Å²) in [6.45, 7) is 2.31. The predicted octanol–water partition coefficient (Wildman–Crippen LogP) is 4.34. The number of ether oxygens (including phenoxy) is 1. The molecule has 1 unspecified atom stereocenters. The van der Waals surface area contributed by atoms with Crippen molar-refractivity contribution in [3.05, 3.63) is 94.9 Å². The third-order valence-electron chi connectivity index (χ3n) is 5.71. The van der Waals surface area contributed by atoms with Crippen LogP contribution < -0.4 is 10.1 Å². The van der Waals surface area contributed by atoms with Gasteiger partial charge in [0, 0.05) is 12.4 Å². The molecule has 0 saturated heterocycles. The number of phenols is 1. The molecule has 2 aromatic heterocycles. The summed E-state index contributed by atoms with van der Waals surface area (Å²) in [5.41, 5.74) is 5.18. The molecule has 5 rings (SSSR count). The van der Waals surface area contributed by atoms with Crippen molar-refractivity contribution in [3.63, 3.8) is 0 Å². The first-order chi connectivity index (χ1) is 15.1. The Morgan fingerprint density at radius 3 is 2.94 bits per heavy atom. The molecule has 0 spiro atoms. The van der Waals surface area contributed by atoms with Gasteiger partial charge in [0.2, 0.25) is 0 Å². The standard InChI is InChI=1S/C25H23N3O3/c1-16-9-12-24-26-17(14-28(24)13-16)15-31-23-8-3-2-5-20(23)25(30)27-21-11-10-19-18(21)6-4-7-22(19)29/h2-9,12-14,21,29H,10-11,15H2,1H3,(H,27,30). The van der Waals surface area contributed by atoms with E-state index < -0.39 is 0 Å². The van der Waals surface area contributed by atoms with Crippen molar-refractivity contribution >= 4 is 11.6 Å². The Kier molecular flexibility index (Phi) is 4.82. The molecule has 4 aromatic rings. The minimum Gasteiger partial charge on any atom is -0.508 e. The number of rotatable bonds is 5. The number of aromatic hydroxyl groups is 1. The van der Waals surface area contributed by atoms with E-state index in [1.807, 2.05) is 60.1 Å². The first-order valence-electron chi connectivity index (χ1n) is 10.4. The van der Waals surface area contributed by atoms with E-state index >= 15 is 0 Å². The normalized spacial score (nSPS) is 15.1. The average Bonchev–Trinajstić information content (AvgIpc) is 3.37. The van der Waals surface area contributed by atoms with E-state index in [2.05, 4.69) is 10.3 Å². The van der Waals surface area contributed by atoms with Crippen LogP contribution in [0.25, 0.3) is 5.65 Å². The van der Waals surface area contributed by atoms with E-state index in [4.69, 9.17) is 4.74 Å². The molecule has 2 heterocycles. The summed E-state index contributed by atoms with van der Waals surface area (Å²) in [6, 6.07) is 16.6. The van der Waals surface area contributed by atoms with Crippen LogP contribution in [-0.4, -0.2) is 20.4 Å². The maximum absolute atomic E-state index is 13.0. The van der Waals surface area contributed by atoms with Crippen LogP contribution in [0.15, 0.2) is 67.0 Å². The predicted molar refractivity (Wildman–Crippen MR) is 117 cm³/mol. The summed E-state index contributed by atoms with van der Waals surface area (Å²) >= 11 is 0. The lowest BCUT2D eigenvalue weighted by atomic mass is 10.1. The fourth-order valence-corrected chi connectivity index (χ4v) is 4.18. The highest BCUT2D eigenvalue weighted by atomic mass is 16.5. The zero-order valence-electron chi connectivity index (χ0n) is 17.2. The van der Waals surface area contributed by atoms with E-state index in [9.17, 15) is 9.90 Å². The number of hydrogen-bond acceptors (Lipinski definition) is 4. The second kappa shape index (κ2) is 7.80. The Hall–Kier alpha value is -3.80. The molecule has 6 nitrogen and oxygen atoms in total. The van der Waals surface area contributed by atoms with E-state index in [0.717, 1.165) is 40.9 Å². The summed E-state index contributed by atoms with van der Waals surface area (Å²) in [4.78, 5) is 17.6. The summed E-state index contributed by atoms with van der Waals surface area (Å²) in [5, 5.41) is 13.1. The Morgan fingerprint density at radius 1 is 1.16 bits per heavy atom. The maximum atomic E-state index is 13.0. The van der Waals surface area contributed by atoms with Crippen LogP contribution >= 0.6 is 0 Å². The van der Waals surface area contributed by atoms with Crippen LogP contribution in [0.5, 0.6) is 11.5 Å². The molecule has 1 aliphatic carbocycles. The van der Waals surface area contributed by atoms with Crippen LogP contribution in [0.3, 0.4) is 0 Å². The van der Waals surface area contributed by atoms with Gasteiger partial charge in [0.1, 0.15) is 23.8 Å². The SMILES string of the molecule is Cc1ccc2nc(COc3ccccc3C(=O)NC3CCc4c(O)cccc43)cn2c1. The van der Waals surface area contributed by atoms with Crippen molar-refractivity contribution in [3.8, 4) is 11.5 Å². The number of carbonyl (C=O) groups excluding carboxylic acids is 1.